The molecule has 2 atom stereocenters. The highest BCUT2D eigenvalue weighted by molar-refractivity contribution is 5.78. The smallest absolute Gasteiger partial charge is 0.323 e. The van der Waals surface area contributed by atoms with Crippen LogP contribution < -0.4 is 5.32 Å². The summed E-state index contributed by atoms with van der Waals surface area (Å²) in [4.78, 5) is 13.6. The monoisotopic (exact) mass is 272 g/mol. The van der Waals surface area contributed by atoms with Crippen LogP contribution in [0.15, 0.2) is 0 Å². The predicted octanol–water partition coefficient (Wildman–Crippen LogP) is 2.59. The van der Waals surface area contributed by atoms with E-state index < -0.39 is 11.5 Å². The number of hydrogen-bond acceptors (Lipinski definition) is 3. The van der Waals surface area contributed by atoms with Crippen molar-refractivity contribution in [2.24, 2.45) is 5.92 Å². The molecule has 0 aliphatic carbocycles. The second kappa shape index (κ2) is 8.54. The molecule has 0 saturated carbocycles. The minimum absolute atomic E-state index is 0.551. The number of nitrogens with one attached hydrogen (secondary N) is 1. The number of aliphatic carboxylic acids is 1. The first kappa shape index (κ1) is 18.4. The summed E-state index contributed by atoms with van der Waals surface area (Å²) in [5.74, 6) is -0.0595. The molecule has 0 spiro atoms. The number of carboxylic acids is 1. The maximum Gasteiger partial charge on any atom is 0.323 e. The average Bonchev–Trinajstić information content (AvgIpc) is 2.27. The van der Waals surface area contributed by atoms with Crippen molar-refractivity contribution in [2.45, 2.75) is 65.5 Å². The van der Waals surface area contributed by atoms with E-state index >= 15 is 0 Å². The van der Waals surface area contributed by atoms with Crippen LogP contribution in [0.3, 0.4) is 0 Å². The molecule has 0 aromatic heterocycles. The molecule has 0 amide bonds. The third-order valence-corrected chi connectivity index (χ3v) is 3.79. The fourth-order valence-electron chi connectivity index (χ4n) is 2.43. The van der Waals surface area contributed by atoms with Gasteiger partial charge in [-0.25, -0.2) is 0 Å². The first-order chi connectivity index (χ1) is 8.73. The van der Waals surface area contributed by atoms with E-state index in [1.807, 2.05) is 6.92 Å². The van der Waals surface area contributed by atoms with Crippen LogP contribution >= 0.6 is 0 Å². The summed E-state index contributed by atoms with van der Waals surface area (Å²) < 4.78 is 0. The molecule has 114 valence electrons. The lowest BCUT2D eigenvalue weighted by molar-refractivity contribution is -0.144. The van der Waals surface area contributed by atoms with E-state index in [4.69, 9.17) is 0 Å². The van der Waals surface area contributed by atoms with Gasteiger partial charge in [0.15, 0.2) is 0 Å². The Hall–Kier alpha value is -0.610. The van der Waals surface area contributed by atoms with Gasteiger partial charge in [-0.1, -0.05) is 20.8 Å². The van der Waals surface area contributed by atoms with Gasteiger partial charge in [-0.05, 0) is 59.2 Å². The van der Waals surface area contributed by atoms with Gasteiger partial charge in [0.2, 0.25) is 0 Å². The Morgan fingerprint density at radius 1 is 1.37 bits per heavy atom. The number of nitrogens with zero attached hydrogens (tertiary/aromatic N) is 1. The molecule has 0 rings (SSSR count). The molecule has 4 nitrogen and oxygen atoms in total. The highest BCUT2D eigenvalue weighted by Gasteiger charge is 2.31. The van der Waals surface area contributed by atoms with Crippen molar-refractivity contribution in [3.63, 3.8) is 0 Å². The molecule has 4 heteroatoms. The quantitative estimate of drug-likeness (QED) is 0.642. The van der Waals surface area contributed by atoms with E-state index in [0.29, 0.717) is 24.9 Å². The molecule has 0 aromatic carbocycles. The fraction of sp³-hybridized carbons (Fsp3) is 0.933. The number of carbonyl (C=O) groups is 1. The Kier molecular flexibility index (Phi) is 8.26. The molecular formula is C15H32N2O2. The van der Waals surface area contributed by atoms with Crippen LogP contribution in [-0.2, 0) is 4.79 Å². The van der Waals surface area contributed by atoms with Crippen LogP contribution in [0.25, 0.3) is 0 Å². The van der Waals surface area contributed by atoms with Crippen molar-refractivity contribution in [2.75, 3.05) is 20.1 Å². The van der Waals surface area contributed by atoms with Crippen molar-refractivity contribution in [1.29, 1.82) is 0 Å². The van der Waals surface area contributed by atoms with Crippen LogP contribution in [0, 0.1) is 5.92 Å². The third kappa shape index (κ3) is 6.92. The maximum absolute atomic E-state index is 11.3. The Balaban J connectivity index is 4.15. The number of rotatable bonds is 10. The fourth-order valence-corrected chi connectivity index (χ4v) is 2.43. The number of likely N-dealkylation sites (N-methyl/N-ethyl adjacent to an activating group) is 1. The molecule has 0 heterocycles. The SMILES string of the molecule is CCNC(C)(CCCN(C)C(C)CC(C)C)C(=O)O. The van der Waals surface area contributed by atoms with E-state index in [0.717, 1.165) is 13.0 Å². The lowest BCUT2D eigenvalue weighted by Crippen LogP contribution is -2.49. The van der Waals surface area contributed by atoms with Gasteiger partial charge in [0.25, 0.3) is 0 Å². The normalized spacial score (nSPS) is 16.6. The van der Waals surface area contributed by atoms with E-state index in [9.17, 15) is 9.90 Å². The van der Waals surface area contributed by atoms with Crippen LogP contribution in [0.5, 0.6) is 0 Å². The Morgan fingerprint density at radius 3 is 2.37 bits per heavy atom. The van der Waals surface area contributed by atoms with Gasteiger partial charge in [-0.3, -0.25) is 4.79 Å². The topological polar surface area (TPSA) is 52.6 Å². The Labute approximate surface area is 118 Å². The van der Waals surface area contributed by atoms with Crippen molar-refractivity contribution in [3.8, 4) is 0 Å². The molecular weight excluding hydrogens is 240 g/mol. The molecule has 0 fully saturated rings. The summed E-state index contributed by atoms with van der Waals surface area (Å²) in [6, 6.07) is 0.551. The maximum atomic E-state index is 11.3. The van der Waals surface area contributed by atoms with Crippen molar-refractivity contribution in [3.05, 3.63) is 0 Å². The second-order valence-corrected chi connectivity index (χ2v) is 6.23. The minimum Gasteiger partial charge on any atom is -0.480 e. The zero-order chi connectivity index (χ0) is 15.1. The zero-order valence-corrected chi connectivity index (χ0v) is 13.5. The van der Waals surface area contributed by atoms with E-state index in [1.165, 1.54) is 6.42 Å². The van der Waals surface area contributed by atoms with E-state index in [1.54, 1.807) is 6.92 Å². The largest absolute Gasteiger partial charge is 0.480 e. The summed E-state index contributed by atoms with van der Waals surface area (Å²) in [5, 5.41) is 12.4. The Bertz CT molecular complexity index is 269. The van der Waals surface area contributed by atoms with Crippen molar-refractivity contribution in [1.82, 2.24) is 10.2 Å². The van der Waals surface area contributed by atoms with Crippen LogP contribution in [0.4, 0.5) is 0 Å². The summed E-state index contributed by atoms with van der Waals surface area (Å²) in [7, 11) is 2.12. The molecule has 0 radical (unpaired) electrons. The van der Waals surface area contributed by atoms with Gasteiger partial charge in [-0.2, -0.15) is 0 Å². The van der Waals surface area contributed by atoms with Crippen molar-refractivity contribution >= 4 is 5.97 Å². The highest BCUT2D eigenvalue weighted by atomic mass is 16.4. The van der Waals surface area contributed by atoms with Gasteiger partial charge >= 0.3 is 5.97 Å². The lowest BCUT2D eigenvalue weighted by atomic mass is 9.95. The molecule has 2 N–H and O–H groups in total. The molecule has 0 aliphatic rings. The minimum atomic E-state index is -0.795. The van der Waals surface area contributed by atoms with E-state index in [-0.39, 0.29) is 0 Å². The van der Waals surface area contributed by atoms with Gasteiger partial charge in [0, 0.05) is 6.04 Å². The van der Waals surface area contributed by atoms with Gasteiger partial charge in [0.1, 0.15) is 5.54 Å². The molecule has 0 saturated heterocycles. The van der Waals surface area contributed by atoms with Gasteiger partial charge < -0.3 is 15.3 Å². The van der Waals surface area contributed by atoms with Crippen molar-refractivity contribution < 1.29 is 9.90 Å². The second-order valence-electron chi connectivity index (χ2n) is 6.23. The highest BCUT2D eigenvalue weighted by Crippen LogP contribution is 2.15. The predicted molar refractivity (Wildman–Crippen MR) is 80.5 cm³/mol. The molecule has 19 heavy (non-hydrogen) atoms. The standard InChI is InChI=1S/C15H32N2O2/c1-7-16-15(5,14(18)19)9-8-10-17(6)13(4)11-12(2)3/h12-13,16H,7-11H2,1-6H3,(H,18,19). The van der Waals surface area contributed by atoms with Gasteiger partial charge in [-0.15, -0.1) is 0 Å². The lowest BCUT2D eigenvalue weighted by Gasteiger charge is -2.29. The third-order valence-electron chi connectivity index (χ3n) is 3.79. The molecule has 0 bridgehead atoms. The van der Waals surface area contributed by atoms with Crippen LogP contribution in [-0.4, -0.2) is 47.7 Å². The van der Waals surface area contributed by atoms with Crippen LogP contribution in [0.1, 0.15) is 53.9 Å². The summed E-state index contributed by atoms with van der Waals surface area (Å²) in [6.45, 7) is 12.0. The zero-order valence-electron chi connectivity index (χ0n) is 13.5. The van der Waals surface area contributed by atoms with Crippen LogP contribution in [0.2, 0.25) is 0 Å². The number of carboxylic acid groups (broad SMARTS) is 1. The molecule has 0 aromatic rings. The first-order valence-electron chi connectivity index (χ1n) is 7.41. The molecule has 0 aliphatic heterocycles. The van der Waals surface area contributed by atoms with E-state index in [2.05, 4.69) is 38.0 Å². The summed E-state index contributed by atoms with van der Waals surface area (Å²) in [5.41, 5.74) is -0.795. The Morgan fingerprint density at radius 2 is 1.95 bits per heavy atom. The average molecular weight is 272 g/mol. The first-order valence-corrected chi connectivity index (χ1v) is 7.41. The summed E-state index contributed by atoms with van der Waals surface area (Å²) in [6.07, 6.45) is 2.74. The summed E-state index contributed by atoms with van der Waals surface area (Å²) >= 11 is 0. The number of hydrogen-bond donors (Lipinski definition) is 2. The molecule has 2 unspecified atom stereocenters. The van der Waals surface area contributed by atoms with Gasteiger partial charge in [0.05, 0.1) is 0 Å².